The first kappa shape index (κ1) is 21.6. The number of nitrogens with zero attached hydrogens (tertiary/aromatic N) is 2. The molecule has 164 valence electrons. The Morgan fingerprint density at radius 1 is 1.20 bits per heavy atom. The fourth-order valence-electron chi connectivity index (χ4n) is 3.85. The van der Waals surface area contributed by atoms with Gasteiger partial charge < -0.3 is 15.4 Å². The van der Waals surface area contributed by atoms with Crippen LogP contribution < -0.4 is 10.6 Å². The molecular formula is C20H28N4O4S2. The van der Waals surface area contributed by atoms with Crippen molar-refractivity contribution in [3.05, 3.63) is 29.8 Å². The van der Waals surface area contributed by atoms with E-state index in [0.29, 0.717) is 13.0 Å². The Morgan fingerprint density at radius 2 is 1.97 bits per heavy atom. The summed E-state index contributed by atoms with van der Waals surface area (Å²) in [6.45, 7) is 5.21. The molecule has 2 N–H and O–H groups in total. The highest BCUT2D eigenvalue weighted by Gasteiger charge is 2.42. The molecule has 30 heavy (non-hydrogen) atoms. The molecule has 0 unspecified atom stereocenters. The van der Waals surface area contributed by atoms with Crippen molar-refractivity contribution in [1.82, 2.24) is 10.2 Å². The van der Waals surface area contributed by atoms with E-state index in [0.717, 1.165) is 55.7 Å². The summed E-state index contributed by atoms with van der Waals surface area (Å²) in [7, 11) is -2.93. The molecule has 1 aromatic rings. The minimum Gasteiger partial charge on any atom is -0.379 e. The van der Waals surface area contributed by atoms with E-state index in [1.165, 1.54) is 11.8 Å². The fraction of sp³-hybridized carbons (Fsp3) is 0.600. The zero-order valence-electron chi connectivity index (χ0n) is 16.9. The quantitative estimate of drug-likeness (QED) is 0.589. The molecule has 3 aliphatic heterocycles. The van der Waals surface area contributed by atoms with Crippen molar-refractivity contribution in [1.29, 1.82) is 0 Å². The number of thioether (sulfide) groups is 1. The van der Waals surface area contributed by atoms with Gasteiger partial charge in [-0.3, -0.25) is 14.7 Å². The maximum atomic E-state index is 12.2. The SMILES string of the molecule is O=C(Cc1ccc(NC2=N[C@@H]3CS(=O)(=O)C[C@H]3S2)cc1)NCCCN1CCOCC1. The van der Waals surface area contributed by atoms with Crippen molar-refractivity contribution in [3.63, 3.8) is 0 Å². The highest BCUT2D eigenvalue weighted by Crippen LogP contribution is 2.34. The number of amides is 1. The minimum atomic E-state index is -2.93. The highest BCUT2D eigenvalue weighted by atomic mass is 32.2. The van der Waals surface area contributed by atoms with Crippen LogP contribution in [0.2, 0.25) is 0 Å². The van der Waals surface area contributed by atoms with Crippen molar-refractivity contribution >= 4 is 38.4 Å². The summed E-state index contributed by atoms with van der Waals surface area (Å²) in [4.78, 5) is 19.0. The second-order valence-electron chi connectivity index (χ2n) is 7.89. The van der Waals surface area contributed by atoms with E-state index >= 15 is 0 Å². The molecule has 4 rings (SSSR count). The first-order valence-electron chi connectivity index (χ1n) is 10.3. The van der Waals surface area contributed by atoms with E-state index in [1.54, 1.807) is 0 Å². The Hall–Kier alpha value is -1.62. The molecule has 8 nitrogen and oxygen atoms in total. The number of nitrogens with one attached hydrogen (secondary N) is 2. The van der Waals surface area contributed by atoms with Crippen LogP contribution in [-0.4, -0.2) is 86.6 Å². The van der Waals surface area contributed by atoms with E-state index in [-0.39, 0.29) is 28.7 Å². The van der Waals surface area contributed by atoms with E-state index in [9.17, 15) is 13.2 Å². The van der Waals surface area contributed by atoms with Gasteiger partial charge in [0.1, 0.15) is 0 Å². The Morgan fingerprint density at radius 3 is 2.70 bits per heavy atom. The lowest BCUT2D eigenvalue weighted by Crippen LogP contribution is -2.38. The summed E-state index contributed by atoms with van der Waals surface area (Å²) >= 11 is 1.50. The molecule has 0 aromatic heterocycles. The molecule has 3 heterocycles. The molecule has 0 aliphatic carbocycles. The molecule has 2 saturated heterocycles. The number of hydrogen-bond acceptors (Lipinski definition) is 8. The molecule has 0 saturated carbocycles. The molecule has 1 amide bonds. The monoisotopic (exact) mass is 452 g/mol. The maximum absolute atomic E-state index is 12.2. The third kappa shape index (κ3) is 5.96. The zero-order valence-corrected chi connectivity index (χ0v) is 18.5. The largest absolute Gasteiger partial charge is 0.379 e. The summed E-state index contributed by atoms with van der Waals surface area (Å²) in [5, 5.41) is 7.04. The summed E-state index contributed by atoms with van der Waals surface area (Å²) in [6, 6.07) is 7.58. The molecule has 0 spiro atoms. The fourth-order valence-corrected chi connectivity index (χ4v) is 7.52. The third-order valence-corrected chi connectivity index (χ3v) is 8.61. The molecule has 1 aromatic carbocycles. The van der Waals surface area contributed by atoms with Crippen LogP contribution in [0.4, 0.5) is 5.69 Å². The van der Waals surface area contributed by atoms with Gasteiger partial charge in [0, 0.05) is 30.6 Å². The number of carbonyl (C=O) groups is 1. The number of hydrogen-bond donors (Lipinski definition) is 2. The molecule has 2 atom stereocenters. The van der Waals surface area contributed by atoms with Gasteiger partial charge in [-0.25, -0.2) is 8.42 Å². The Kier molecular flexibility index (Phi) is 6.97. The number of aliphatic imine (C=N–C) groups is 1. The molecule has 3 aliphatic rings. The lowest BCUT2D eigenvalue weighted by molar-refractivity contribution is -0.120. The van der Waals surface area contributed by atoms with E-state index in [2.05, 4.69) is 20.5 Å². The Bertz CT molecular complexity index is 883. The number of carbonyl (C=O) groups excluding carboxylic acids is 1. The first-order valence-corrected chi connectivity index (χ1v) is 13.0. The molecule has 2 fully saturated rings. The lowest BCUT2D eigenvalue weighted by Gasteiger charge is -2.26. The summed E-state index contributed by atoms with van der Waals surface area (Å²) in [5.74, 6) is 0.385. The van der Waals surface area contributed by atoms with Crippen LogP contribution in [0.1, 0.15) is 12.0 Å². The van der Waals surface area contributed by atoms with Crippen LogP contribution in [0.15, 0.2) is 29.3 Å². The number of rotatable bonds is 7. The number of benzene rings is 1. The van der Waals surface area contributed by atoms with Crippen LogP contribution in [-0.2, 0) is 25.8 Å². The average molecular weight is 453 g/mol. The van der Waals surface area contributed by atoms with Crippen molar-refractivity contribution in [2.75, 3.05) is 56.2 Å². The number of anilines is 1. The molecule has 10 heteroatoms. The standard InChI is InChI=1S/C20H28N4O4S2/c25-19(21-6-1-7-24-8-10-28-11-9-24)12-15-2-4-16(5-3-15)22-20-23-17-13-30(26,27)14-18(17)29-20/h2-5,17-18H,1,6-14H2,(H,21,25)(H,22,23)/t17-,18-/m1/s1. The van der Waals surface area contributed by atoms with Gasteiger partial charge in [0.15, 0.2) is 15.0 Å². The van der Waals surface area contributed by atoms with Crippen molar-refractivity contribution < 1.29 is 17.9 Å². The minimum absolute atomic E-state index is 0.0300. The molecule has 0 bridgehead atoms. The van der Waals surface area contributed by atoms with Gasteiger partial charge in [-0.05, 0) is 30.7 Å². The Labute approximate surface area is 181 Å². The first-order chi connectivity index (χ1) is 14.5. The van der Waals surface area contributed by atoms with Gasteiger partial charge in [0.2, 0.25) is 5.91 Å². The molecule has 0 radical (unpaired) electrons. The van der Waals surface area contributed by atoms with Gasteiger partial charge in [-0.1, -0.05) is 23.9 Å². The summed E-state index contributed by atoms with van der Waals surface area (Å²) < 4.78 is 28.6. The second-order valence-corrected chi connectivity index (χ2v) is 11.3. The van der Waals surface area contributed by atoms with Gasteiger partial charge in [-0.15, -0.1) is 0 Å². The van der Waals surface area contributed by atoms with E-state index < -0.39 is 9.84 Å². The summed E-state index contributed by atoms with van der Waals surface area (Å²) in [5.41, 5.74) is 1.84. The number of fused-ring (bicyclic) bond motifs is 1. The lowest BCUT2D eigenvalue weighted by atomic mass is 10.1. The van der Waals surface area contributed by atoms with Crippen molar-refractivity contribution in [3.8, 4) is 0 Å². The highest BCUT2D eigenvalue weighted by molar-refractivity contribution is 8.15. The van der Waals surface area contributed by atoms with Crippen LogP contribution in [0.25, 0.3) is 0 Å². The van der Waals surface area contributed by atoms with Gasteiger partial charge in [-0.2, -0.15) is 0 Å². The van der Waals surface area contributed by atoms with Crippen molar-refractivity contribution in [2.45, 2.75) is 24.1 Å². The third-order valence-electron chi connectivity index (χ3n) is 5.47. The number of sulfone groups is 1. The van der Waals surface area contributed by atoms with Crippen LogP contribution in [0, 0.1) is 0 Å². The number of amidine groups is 1. The van der Waals surface area contributed by atoms with Gasteiger partial charge >= 0.3 is 0 Å². The predicted molar refractivity (Wildman–Crippen MR) is 120 cm³/mol. The maximum Gasteiger partial charge on any atom is 0.224 e. The summed E-state index contributed by atoms with van der Waals surface area (Å²) in [6.07, 6.45) is 1.30. The van der Waals surface area contributed by atoms with Crippen LogP contribution in [0.5, 0.6) is 0 Å². The number of morpholine rings is 1. The Balaban J connectivity index is 1.17. The second kappa shape index (κ2) is 9.67. The van der Waals surface area contributed by atoms with Crippen LogP contribution >= 0.6 is 11.8 Å². The van der Waals surface area contributed by atoms with E-state index in [4.69, 9.17) is 4.74 Å². The van der Waals surface area contributed by atoms with E-state index in [1.807, 2.05) is 24.3 Å². The van der Waals surface area contributed by atoms with Gasteiger partial charge in [0.25, 0.3) is 0 Å². The average Bonchev–Trinajstić information content (AvgIpc) is 3.20. The zero-order chi connectivity index (χ0) is 21.0. The van der Waals surface area contributed by atoms with Crippen LogP contribution in [0.3, 0.4) is 0 Å². The smallest absolute Gasteiger partial charge is 0.224 e. The van der Waals surface area contributed by atoms with Gasteiger partial charge in [0.05, 0.1) is 37.2 Å². The van der Waals surface area contributed by atoms with Crippen molar-refractivity contribution in [2.24, 2.45) is 4.99 Å². The number of ether oxygens (including phenoxy) is 1. The molecular weight excluding hydrogens is 424 g/mol. The normalized spacial score (nSPS) is 25.5. The predicted octanol–water partition coefficient (Wildman–Crippen LogP) is 0.748. The topological polar surface area (TPSA) is 100 Å².